The first-order chi connectivity index (χ1) is 8.99. The zero-order chi connectivity index (χ0) is 14.0. The lowest BCUT2D eigenvalue weighted by molar-refractivity contribution is 0.475. The summed E-state index contributed by atoms with van der Waals surface area (Å²) in [6.45, 7) is 2.01. The third kappa shape index (κ3) is 2.85. The molecule has 0 atom stereocenters. The topological polar surface area (TPSA) is 49.5 Å². The van der Waals surface area contributed by atoms with Crippen molar-refractivity contribution >= 4 is 28.6 Å². The average Bonchev–Trinajstić information content (AvgIpc) is 2.38. The Bertz CT molecular complexity index is 608. The number of nitrogens with two attached hydrogens (primary N) is 1. The highest BCUT2D eigenvalue weighted by molar-refractivity contribution is 7.80. The molecule has 0 saturated heterocycles. The number of hydrogen-bond donors (Lipinski definition) is 2. The first-order valence-electron chi connectivity index (χ1n) is 5.92. The molecule has 19 heavy (non-hydrogen) atoms. The first kappa shape index (κ1) is 13.4. The van der Waals surface area contributed by atoms with Crippen molar-refractivity contribution in [3.63, 3.8) is 0 Å². The van der Waals surface area contributed by atoms with Gasteiger partial charge in [0.15, 0.2) is 0 Å². The van der Waals surface area contributed by atoms with Crippen LogP contribution in [0.1, 0.15) is 11.1 Å². The lowest BCUT2D eigenvalue weighted by Crippen LogP contribution is -2.17. The monoisotopic (exact) mass is 272 g/mol. The molecule has 0 aromatic heterocycles. The van der Waals surface area contributed by atoms with Gasteiger partial charge in [-0.2, -0.15) is 0 Å². The van der Waals surface area contributed by atoms with E-state index < -0.39 is 0 Å². The molecule has 0 bridgehead atoms. The first-order valence-corrected chi connectivity index (χ1v) is 6.33. The summed E-state index contributed by atoms with van der Waals surface area (Å²) in [7, 11) is 1.94. The van der Waals surface area contributed by atoms with Crippen LogP contribution in [-0.2, 0) is 0 Å². The van der Waals surface area contributed by atoms with Gasteiger partial charge in [0.25, 0.3) is 0 Å². The quantitative estimate of drug-likeness (QED) is 0.843. The number of phenolic OH excluding ortho intramolecular Hbond substituents is 1. The largest absolute Gasteiger partial charge is 0.508 e. The van der Waals surface area contributed by atoms with Crippen molar-refractivity contribution in [2.24, 2.45) is 5.73 Å². The highest BCUT2D eigenvalue weighted by Crippen LogP contribution is 2.28. The van der Waals surface area contributed by atoms with Crippen LogP contribution in [0.5, 0.6) is 5.75 Å². The minimum atomic E-state index is 0.246. The number of aromatic hydroxyl groups is 1. The van der Waals surface area contributed by atoms with E-state index in [0.717, 1.165) is 22.5 Å². The van der Waals surface area contributed by atoms with Crippen LogP contribution >= 0.6 is 12.2 Å². The Morgan fingerprint density at radius 1 is 1.16 bits per heavy atom. The third-order valence-corrected chi connectivity index (χ3v) is 3.24. The summed E-state index contributed by atoms with van der Waals surface area (Å²) in [6.07, 6.45) is 0. The van der Waals surface area contributed by atoms with Gasteiger partial charge in [0.1, 0.15) is 10.7 Å². The Morgan fingerprint density at radius 3 is 2.37 bits per heavy atom. The number of phenols is 1. The van der Waals surface area contributed by atoms with Crippen LogP contribution in [0.15, 0.2) is 42.5 Å². The third-order valence-electron chi connectivity index (χ3n) is 3.02. The maximum Gasteiger partial charge on any atom is 0.115 e. The van der Waals surface area contributed by atoms with Crippen LogP contribution in [-0.4, -0.2) is 17.1 Å². The molecule has 2 rings (SSSR count). The summed E-state index contributed by atoms with van der Waals surface area (Å²) in [5.41, 5.74) is 9.66. The summed E-state index contributed by atoms with van der Waals surface area (Å²) in [6, 6.07) is 13.0. The Kier molecular flexibility index (Phi) is 3.71. The van der Waals surface area contributed by atoms with Crippen molar-refractivity contribution in [1.82, 2.24) is 0 Å². The van der Waals surface area contributed by atoms with Gasteiger partial charge in [-0.15, -0.1) is 0 Å². The van der Waals surface area contributed by atoms with E-state index in [-0.39, 0.29) is 5.75 Å². The van der Waals surface area contributed by atoms with E-state index in [1.54, 1.807) is 12.1 Å². The second-order valence-electron chi connectivity index (χ2n) is 4.46. The molecule has 2 aromatic rings. The van der Waals surface area contributed by atoms with Crippen LogP contribution in [0.25, 0.3) is 0 Å². The highest BCUT2D eigenvalue weighted by atomic mass is 32.1. The van der Waals surface area contributed by atoms with E-state index in [2.05, 4.69) is 0 Å². The molecule has 2 aromatic carbocycles. The molecule has 0 fully saturated rings. The lowest BCUT2D eigenvalue weighted by atomic mass is 10.1. The van der Waals surface area contributed by atoms with E-state index in [0.29, 0.717) is 4.99 Å². The molecule has 0 aliphatic carbocycles. The maximum absolute atomic E-state index is 9.33. The van der Waals surface area contributed by atoms with Crippen LogP contribution < -0.4 is 10.6 Å². The molecule has 0 heterocycles. The number of hydrogen-bond acceptors (Lipinski definition) is 3. The van der Waals surface area contributed by atoms with E-state index in [1.165, 1.54) is 0 Å². The van der Waals surface area contributed by atoms with Crippen LogP contribution in [0.3, 0.4) is 0 Å². The number of anilines is 2. The predicted molar refractivity (Wildman–Crippen MR) is 83.2 cm³/mol. The smallest absolute Gasteiger partial charge is 0.115 e. The van der Waals surface area contributed by atoms with Gasteiger partial charge in [0.05, 0.1) is 5.69 Å². The Morgan fingerprint density at radius 2 is 1.79 bits per heavy atom. The molecule has 0 unspecified atom stereocenters. The predicted octanol–water partition coefficient (Wildman–Crippen LogP) is 3.10. The van der Waals surface area contributed by atoms with E-state index in [9.17, 15) is 5.11 Å². The maximum atomic E-state index is 9.33. The molecule has 0 aliphatic heterocycles. The highest BCUT2D eigenvalue weighted by Gasteiger charge is 2.11. The number of aryl methyl sites for hydroxylation is 1. The second-order valence-corrected chi connectivity index (χ2v) is 4.90. The molecular weight excluding hydrogens is 256 g/mol. The van der Waals surface area contributed by atoms with Crippen molar-refractivity contribution in [3.05, 3.63) is 53.6 Å². The number of benzene rings is 2. The zero-order valence-electron chi connectivity index (χ0n) is 10.9. The Hall–Kier alpha value is -2.07. The van der Waals surface area contributed by atoms with Gasteiger partial charge in [-0.25, -0.2) is 0 Å². The Labute approximate surface area is 118 Å². The number of nitrogens with zero attached hydrogens (tertiary/aromatic N) is 1. The van der Waals surface area contributed by atoms with Crippen LogP contribution in [0.4, 0.5) is 11.4 Å². The molecule has 0 amide bonds. The molecule has 3 N–H and O–H groups in total. The van der Waals surface area contributed by atoms with Gasteiger partial charge in [-0.3, -0.25) is 0 Å². The minimum Gasteiger partial charge on any atom is -0.508 e. The molecule has 0 spiro atoms. The van der Waals surface area contributed by atoms with Gasteiger partial charge in [0, 0.05) is 18.3 Å². The molecule has 3 nitrogen and oxygen atoms in total. The molecule has 0 aliphatic rings. The summed E-state index contributed by atoms with van der Waals surface area (Å²) in [5.74, 6) is 0.246. The van der Waals surface area contributed by atoms with Crippen molar-refractivity contribution < 1.29 is 5.11 Å². The minimum absolute atomic E-state index is 0.246. The molecule has 0 saturated carbocycles. The summed E-state index contributed by atoms with van der Waals surface area (Å²) in [4.78, 5) is 2.37. The average molecular weight is 272 g/mol. The standard InChI is InChI=1S/C15H16N2OS/c1-10-3-8-14(13(9-10)15(16)19)17(2)11-4-6-12(18)7-5-11/h3-9,18H,1-2H3,(H2,16,19). The van der Waals surface area contributed by atoms with Gasteiger partial charge in [0.2, 0.25) is 0 Å². The van der Waals surface area contributed by atoms with Crippen molar-refractivity contribution in [2.45, 2.75) is 6.92 Å². The fourth-order valence-electron chi connectivity index (χ4n) is 1.96. The summed E-state index contributed by atoms with van der Waals surface area (Å²) in [5, 5.41) is 9.33. The number of rotatable bonds is 3. The van der Waals surface area contributed by atoms with E-state index in [4.69, 9.17) is 18.0 Å². The van der Waals surface area contributed by atoms with Crippen LogP contribution in [0.2, 0.25) is 0 Å². The molecule has 4 heteroatoms. The van der Waals surface area contributed by atoms with Gasteiger partial charge < -0.3 is 15.7 Å². The van der Waals surface area contributed by atoms with Gasteiger partial charge >= 0.3 is 0 Å². The molecular formula is C15H16N2OS. The van der Waals surface area contributed by atoms with Gasteiger partial charge in [-0.05, 0) is 43.3 Å². The van der Waals surface area contributed by atoms with Crippen molar-refractivity contribution in [1.29, 1.82) is 0 Å². The SMILES string of the molecule is Cc1ccc(N(C)c2ccc(O)cc2)c(C(N)=S)c1. The van der Waals surface area contributed by atoms with E-state index in [1.807, 2.05) is 49.2 Å². The summed E-state index contributed by atoms with van der Waals surface area (Å²) < 4.78 is 0. The fourth-order valence-corrected chi connectivity index (χ4v) is 2.12. The van der Waals surface area contributed by atoms with Crippen molar-refractivity contribution in [2.75, 3.05) is 11.9 Å². The van der Waals surface area contributed by atoms with E-state index >= 15 is 0 Å². The van der Waals surface area contributed by atoms with Gasteiger partial charge in [-0.1, -0.05) is 23.8 Å². The lowest BCUT2D eigenvalue weighted by Gasteiger charge is -2.22. The second kappa shape index (κ2) is 5.28. The van der Waals surface area contributed by atoms with Crippen molar-refractivity contribution in [3.8, 4) is 5.75 Å². The van der Waals surface area contributed by atoms with Crippen LogP contribution in [0, 0.1) is 6.92 Å². The zero-order valence-corrected chi connectivity index (χ0v) is 11.7. The normalized spacial score (nSPS) is 10.2. The fraction of sp³-hybridized carbons (Fsp3) is 0.133. The Balaban J connectivity index is 2.46. The molecule has 98 valence electrons. The number of thiocarbonyl (C=S) groups is 1. The molecule has 0 radical (unpaired) electrons. The summed E-state index contributed by atoms with van der Waals surface area (Å²) >= 11 is 5.11.